The minimum Gasteiger partial charge on any atom is -0.342 e. The van der Waals surface area contributed by atoms with Gasteiger partial charge in [-0.25, -0.2) is 4.79 Å². The molecule has 178 valence electrons. The monoisotopic (exact) mass is 447 g/mol. The molecule has 0 aromatic carbocycles. The number of amides is 5. The van der Waals surface area contributed by atoms with E-state index < -0.39 is 5.54 Å². The maximum Gasteiger partial charge on any atom is 0.325 e. The Labute approximate surface area is 190 Å². The molecule has 0 saturated carbocycles. The van der Waals surface area contributed by atoms with Gasteiger partial charge in [-0.15, -0.1) is 0 Å². The average Bonchev–Trinajstić information content (AvgIpc) is 3.03. The quantitative estimate of drug-likeness (QED) is 0.650. The number of hydrogen-bond donors (Lipinski definition) is 1. The van der Waals surface area contributed by atoms with Crippen molar-refractivity contribution in [1.82, 2.24) is 24.9 Å². The van der Waals surface area contributed by atoms with E-state index in [1.165, 1.54) is 11.3 Å². The SMILES string of the molecule is CC(C)C(=O)N1CCC2(CC1)NC(=O)N([C@@H]1CCCN(C(=O)CN3CCCCC3)C1)C2=O. The highest BCUT2D eigenvalue weighted by Gasteiger charge is 2.55. The highest BCUT2D eigenvalue weighted by molar-refractivity contribution is 6.07. The summed E-state index contributed by atoms with van der Waals surface area (Å²) in [5.74, 6) is -0.0814. The summed E-state index contributed by atoms with van der Waals surface area (Å²) >= 11 is 0. The fraction of sp³-hybridized carbons (Fsp3) is 0.826. The Morgan fingerprint density at radius 1 is 0.969 bits per heavy atom. The molecule has 0 radical (unpaired) electrons. The number of carbonyl (C=O) groups excluding carboxylic acids is 4. The fourth-order valence-electron chi connectivity index (χ4n) is 5.59. The molecule has 0 bridgehead atoms. The zero-order valence-electron chi connectivity index (χ0n) is 19.5. The maximum absolute atomic E-state index is 13.4. The van der Waals surface area contributed by atoms with E-state index >= 15 is 0 Å². The van der Waals surface area contributed by atoms with Crippen LogP contribution in [0.1, 0.15) is 58.8 Å². The first kappa shape index (κ1) is 23.0. The first-order valence-corrected chi connectivity index (χ1v) is 12.3. The second-order valence-corrected chi connectivity index (χ2v) is 10.1. The molecule has 0 unspecified atom stereocenters. The van der Waals surface area contributed by atoms with Crippen molar-refractivity contribution in [2.24, 2.45) is 5.92 Å². The Balaban J connectivity index is 1.37. The minimum atomic E-state index is -0.912. The van der Waals surface area contributed by atoms with E-state index in [4.69, 9.17) is 0 Å². The molecule has 4 rings (SSSR count). The summed E-state index contributed by atoms with van der Waals surface area (Å²) in [5.41, 5.74) is -0.912. The van der Waals surface area contributed by atoms with Gasteiger partial charge in [0.2, 0.25) is 11.8 Å². The van der Waals surface area contributed by atoms with Crippen molar-refractivity contribution < 1.29 is 19.2 Å². The van der Waals surface area contributed by atoms with Crippen molar-refractivity contribution >= 4 is 23.8 Å². The van der Waals surface area contributed by atoms with Crippen LogP contribution >= 0.6 is 0 Å². The molecule has 4 aliphatic heterocycles. The molecule has 4 fully saturated rings. The summed E-state index contributed by atoms with van der Waals surface area (Å²) < 4.78 is 0. The van der Waals surface area contributed by atoms with E-state index in [9.17, 15) is 19.2 Å². The Morgan fingerprint density at radius 3 is 2.31 bits per heavy atom. The molecular weight excluding hydrogens is 410 g/mol. The lowest BCUT2D eigenvalue weighted by Crippen LogP contribution is -2.57. The third-order valence-corrected chi connectivity index (χ3v) is 7.54. The van der Waals surface area contributed by atoms with Crippen LogP contribution in [0.5, 0.6) is 0 Å². The van der Waals surface area contributed by atoms with Crippen LogP contribution in [0, 0.1) is 5.92 Å². The molecule has 1 N–H and O–H groups in total. The zero-order valence-corrected chi connectivity index (χ0v) is 19.5. The van der Waals surface area contributed by atoms with Crippen LogP contribution in [0.4, 0.5) is 4.79 Å². The van der Waals surface area contributed by atoms with Gasteiger partial charge in [-0.1, -0.05) is 20.3 Å². The zero-order chi connectivity index (χ0) is 22.9. The summed E-state index contributed by atoms with van der Waals surface area (Å²) in [7, 11) is 0. The van der Waals surface area contributed by atoms with Gasteiger partial charge in [-0.3, -0.25) is 24.2 Å². The van der Waals surface area contributed by atoms with Crippen LogP contribution in [0.15, 0.2) is 0 Å². The Morgan fingerprint density at radius 2 is 1.66 bits per heavy atom. The molecule has 5 amide bonds. The molecule has 1 atom stereocenters. The second-order valence-electron chi connectivity index (χ2n) is 10.1. The number of hydrogen-bond acceptors (Lipinski definition) is 5. The number of piperidine rings is 3. The lowest BCUT2D eigenvalue weighted by Gasteiger charge is -2.40. The van der Waals surface area contributed by atoms with Crippen molar-refractivity contribution in [3.63, 3.8) is 0 Å². The molecule has 4 aliphatic rings. The topological polar surface area (TPSA) is 93.3 Å². The molecule has 0 aromatic heterocycles. The molecule has 9 heteroatoms. The normalized spacial score (nSPS) is 26.7. The Bertz CT molecular complexity index is 755. The second kappa shape index (κ2) is 9.37. The number of nitrogens with one attached hydrogen (secondary N) is 1. The lowest BCUT2D eigenvalue weighted by molar-refractivity contribution is -0.142. The van der Waals surface area contributed by atoms with Gasteiger partial charge in [0.15, 0.2) is 0 Å². The van der Waals surface area contributed by atoms with Gasteiger partial charge in [0.05, 0.1) is 12.6 Å². The number of likely N-dealkylation sites (tertiary alicyclic amines) is 3. The largest absolute Gasteiger partial charge is 0.342 e. The highest BCUT2D eigenvalue weighted by atomic mass is 16.2. The smallest absolute Gasteiger partial charge is 0.325 e. The van der Waals surface area contributed by atoms with Crippen molar-refractivity contribution in [1.29, 1.82) is 0 Å². The van der Waals surface area contributed by atoms with Crippen LogP contribution in [-0.4, -0.2) is 101 Å². The van der Waals surface area contributed by atoms with Crippen molar-refractivity contribution in [3.8, 4) is 0 Å². The van der Waals surface area contributed by atoms with E-state index in [2.05, 4.69) is 10.2 Å². The van der Waals surface area contributed by atoms with Crippen LogP contribution in [0.2, 0.25) is 0 Å². The van der Waals surface area contributed by atoms with Crippen LogP contribution in [0.3, 0.4) is 0 Å². The molecule has 32 heavy (non-hydrogen) atoms. The first-order chi connectivity index (χ1) is 15.3. The average molecular weight is 448 g/mol. The fourth-order valence-corrected chi connectivity index (χ4v) is 5.59. The van der Waals surface area contributed by atoms with Gasteiger partial charge in [0.25, 0.3) is 5.91 Å². The standard InChI is InChI=1S/C23H37N5O4/c1-17(2)20(30)26-13-8-23(9-14-26)21(31)28(22(32)24-23)18-7-6-12-27(15-18)19(29)16-25-10-4-3-5-11-25/h17-18H,3-16H2,1-2H3,(H,24,32)/t18-/m1/s1. The molecule has 1 spiro atoms. The predicted molar refractivity (Wildman–Crippen MR) is 119 cm³/mol. The Hall–Kier alpha value is -2.16. The van der Waals surface area contributed by atoms with E-state index in [1.54, 1.807) is 4.90 Å². The number of rotatable bonds is 4. The van der Waals surface area contributed by atoms with Crippen LogP contribution < -0.4 is 5.32 Å². The summed E-state index contributed by atoms with van der Waals surface area (Å²) in [5, 5.41) is 2.95. The minimum absolute atomic E-state index is 0.0786. The molecule has 9 nitrogen and oxygen atoms in total. The molecule has 0 aliphatic carbocycles. The molecule has 0 aromatic rings. The van der Waals surface area contributed by atoms with Gasteiger partial charge in [-0.05, 0) is 51.6 Å². The van der Waals surface area contributed by atoms with Crippen LogP contribution in [0.25, 0.3) is 0 Å². The van der Waals surface area contributed by atoms with E-state index in [0.29, 0.717) is 45.6 Å². The molecule has 4 saturated heterocycles. The van der Waals surface area contributed by atoms with E-state index in [0.717, 1.165) is 38.8 Å². The lowest BCUT2D eigenvalue weighted by atomic mass is 9.86. The van der Waals surface area contributed by atoms with Crippen molar-refractivity contribution in [2.45, 2.75) is 70.4 Å². The molecule has 4 heterocycles. The third kappa shape index (κ3) is 4.49. The number of urea groups is 1. The van der Waals surface area contributed by atoms with Gasteiger partial charge < -0.3 is 15.1 Å². The van der Waals surface area contributed by atoms with Crippen LogP contribution in [-0.2, 0) is 14.4 Å². The molecular formula is C23H37N5O4. The van der Waals surface area contributed by atoms with E-state index in [1.807, 2.05) is 18.7 Å². The first-order valence-electron chi connectivity index (χ1n) is 12.3. The van der Waals surface area contributed by atoms with Gasteiger partial charge in [0.1, 0.15) is 5.54 Å². The van der Waals surface area contributed by atoms with Gasteiger partial charge in [-0.2, -0.15) is 0 Å². The Kier molecular flexibility index (Phi) is 6.74. The predicted octanol–water partition coefficient (Wildman–Crippen LogP) is 1.03. The summed E-state index contributed by atoms with van der Waals surface area (Å²) in [6.45, 7) is 8.16. The van der Waals surface area contributed by atoms with Gasteiger partial charge >= 0.3 is 6.03 Å². The summed E-state index contributed by atoms with van der Waals surface area (Å²) in [6, 6.07) is -0.634. The highest BCUT2D eigenvalue weighted by Crippen LogP contribution is 2.32. The van der Waals surface area contributed by atoms with Crippen molar-refractivity contribution in [3.05, 3.63) is 0 Å². The summed E-state index contributed by atoms with van der Waals surface area (Å²) in [6.07, 6.45) is 5.90. The van der Waals surface area contributed by atoms with Crippen molar-refractivity contribution in [2.75, 3.05) is 45.8 Å². The number of carbonyl (C=O) groups is 4. The number of nitrogens with zero attached hydrogens (tertiary/aromatic N) is 4. The number of imide groups is 1. The maximum atomic E-state index is 13.4. The summed E-state index contributed by atoms with van der Waals surface area (Å²) in [4.78, 5) is 58.7. The van der Waals surface area contributed by atoms with E-state index in [-0.39, 0.29) is 35.7 Å². The third-order valence-electron chi connectivity index (χ3n) is 7.54. The van der Waals surface area contributed by atoms with Gasteiger partial charge in [0, 0.05) is 32.1 Å².